The van der Waals surface area contributed by atoms with E-state index in [2.05, 4.69) is 0 Å². The standard InChI is InChI=1S/C22H18ClFO4S2/c1-14-6-8-17(9-7-14)30(25,26)27-12-16-13-29-21-11-15(24)10-19(22(21)28-16)18-4-2-3-5-20(18)23/h2-11,16H,12-13H2,1H3. The van der Waals surface area contributed by atoms with Gasteiger partial charge in [-0.05, 0) is 37.3 Å². The molecular formula is C22H18ClFO4S2. The highest BCUT2D eigenvalue weighted by Crippen LogP contribution is 2.45. The molecular weight excluding hydrogens is 447 g/mol. The van der Waals surface area contributed by atoms with Crippen LogP contribution in [0.5, 0.6) is 5.75 Å². The van der Waals surface area contributed by atoms with Crippen molar-refractivity contribution in [2.24, 2.45) is 0 Å². The average molecular weight is 465 g/mol. The minimum Gasteiger partial charge on any atom is -0.485 e. The van der Waals surface area contributed by atoms with Crippen LogP contribution < -0.4 is 4.74 Å². The summed E-state index contributed by atoms with van der Waals surface area (Å²) in [5.74, 6) is 0.514. The van der Waals surface area contributed by atoms with E-state index in [9.17, 15) is 12.8 Å². The van der Waals surface area contributed by atoms with Gasteiger partial charge in [0.15, 0.2) is 0 Å². The Kier molecular flexibility index (Phi) is 6.06. The maximum atomic E-state index is 14.2. The van der Waals surface area contributed by atoms with Crippen LogP contribution in [0.2, 0.25) is 5.02 Å². The van der Waals surface area contributed by atoms with E-state index in [-0.39, 0.29) is 11.5 Å². The quantitative estimate of drug-likeness (QED) is 0.452. The zero-order valence-electron chi connectivity index (χ0n) is 16.0. The minimum absolute atomic E-state index is 0.0933. The zero-order valence-corrected chi connectivity index (χ0v) is 18.4. The molecule has 0 aliphatic carbocycles. The average Bonchev–Trinajstić information content (AvgIpc) is 2.72. The Morgan fingerprint density at radius 2 is 1.87 bits per heavy atom. The highest BCUT2D eigenvalue weighted by Gasteiger charge is 2.27. The van der Waals surface area contributed by atoms with Crippen LogP contribution in [0.15, 0.2) is 70.5 Å². The van der Waals surface area contributed by atoms with E-state index < -0.39 is 22.0 Å². The summed E-state index contributed by atoms with van der Waals surface area (Å²) in [6, 6.07) is 16.3. The number of hydrogen-bond acceptors (Lipinski definition) is 5. The predicted octanol–water partition coefficient (Wildman–Crippen LogP) is 5.71. The highest BCUT2D eigenvalue weighted by molar-refractivity contribution is 7.99. The van der Waals surface area contributed by atoms with Gasteiger partial charge < -0.3 is 4.74 Å². The lowest BCUT2D eigenvalue weighted by molar-refractivity contribution is 0.144. The third-order valence-corrected chi connectivity index (χ3v) is 7.39. The van der Waals surface area contributed by atoms with Gasteiger partial charge >= 0.3 is 0 Å². The molecule has 0 saturated heterocycles. The van der Waals surface area contributed by atoms with Crippen molar-refractivity contribution < 1.29 is 21.7 Å². The molecule has 1 atom stereocenters. The van der Waals surface area contributed by atoms with E-state index in [0.29, 0.717) is 32.5 Å². The van der Waals surface area contributed by atoms with Crippen molar-refractivity contribution in [1.29, 1.82) is 0 Å². The summed E-state index contributed by atoms with van der Waals surface area (Å²) in [6.07, 6.45) is -0.519. The second-order valence-corrected chi connectivity index (χ2v) is 9.95. The van der Waals surface area contributed by atoms with Crippen LogP contribution in [-0.2, 0) is 14.3 Å². The Hall–Kier alpha value is -2.06. The van der Waals surface area contributed by atoms with Gasteiger partial charge in [-0.15, -0.1) is 11.8 Å². The predicted molar refractivity (Wildman–Crippen MR) is 116 cm³/mol. The smallest absolute Gasteiger partial charge is 0.297 e. The van der Waals surface area contributed by atoms with Crippen LogP contribution in [-0.4, -0.2) is 26.9 Å². The molecule has 8 heteroatoms. The van der Waals surface area contributed by atoms with Crippen LogP contribution in [0, 0.1) is 12.7 Å². The van der Waals surface area contributed by atoms with Crippen molar-refractivity contribution in [2.45, 2.75) is 22.8 Å². The molecule has 0 bridgehead atoms. The van der Waals surface area contributed by atoms with Crippen molar-refractivity contribution in [2.75, 3.05) is 12.4 Å². The Morgan fingerprint density at radius 1 is 1.13 bits per heavy atom. The van der Waals surface area contributed by atoms with Crippen LogP contribution in [0.4, 0.5) is 4.39 Å². The fraction of sp³-hybridized carbons (Fsp3) is 0.182. The minimum atomic E-state index is -3.90. The van der Waals surface area contributed by atoms with Crippen molar-refractivity contribution in [3.8, 4) is 16.9 Å². The summed E-state index contributed by atoms with van der Waals surface area (Å²) in [5.41, 5.74) is 2.12. The van der Waals surface area contributed by atoms with Crippen LogP contribution >= 0.6 is 23.4 Å². The Labute approximate surface area is 184 Å². The Bertz CT molecular complexity index is 1180. The summed E-state index contributed by atoms with van der Waals surface area (Å²) in [5, 5.41) is 0.472. The molecule has 0 saturated carbocycles. The molecule has 3 aromatic carbocycles. The fourth-order valence-electron chi connectivity index (χ4n) is 3.08. The second-order valence-electron chi connectivity index (χ2n) is 6.86. The van der Waals surface area contributed by atoms with E-state index in [1.54, 1.807) is 30.3 Å². The van der Waals surface area contributed by atoms with Crippen molar-refractivity contribution in [3.63, 3.8) is 0 Å². The Morgan fingerprint density at radius 3 is 2.60 bits per heavy atom. The molecule has 0 amide bonds. The number of aryl methyl sites for hydroxylation is 1. The van der Waals surface area contributed by atoms with Crippen LogP contribution in [0.25, 0.3) is 11.1 Å². The number of rotatable bonds is 5. The molecule has 0 spiro atoms. The lowest BCUT2D eigenvalue weighted by Gasteiger charge is -2.27. The van der Waals surface area contributed by atoms with Gasteiger partial charge in [0.1, 0.15) is 24.3 Å². The first kappa shape index (κ1) is 21.2. The number of benzene rings is 3. The Balaban J connectivity index is 1.56. The van der Waals surface area contributed by atoms with Crippen molar-refractivity contribution in [3.05, 3.63) is 77.1 Å². The van der Waals surface area contributed by atoms with Crippen LogP contribution in [0.1, 0.15) is 5.56 Å². The topological polar surface area (TPSA) is 52.6 Å². The molecule has 3 aromatic rings. The van der Waals surface area contributed by atoms with E-state index in [0.717, 1.165) is 5.56 Å². The lowest BCUT2D eigenvalue weighted by atomic mass is 10.0. The zero-order chi connectivity index (χ0) is 21.3. The molecule has 1 heterocycles. The molecule has 0 aromatic heterocycles. The fourth-order valence-corrected chi connectivity index (χ4v) is 5.27. The number of ether oxygens (including phenoxy) is 1. The number of thioether (sulfide) groups is 1. The summed E-state index contributed by atoms with van der Waals surface area (Å²) >= 11 is 7.69. The van der Waals surface area contributed by atoms with Gasteiger partial charge in [-0.3, -0.25) is 4.18 Å². The lowest BCUT2D eigenvalue weighted by Crippen LogP contribution is -2.30. The molecule has 1 aliphatic rings. The molecule has 1 aliphatic heterocycles. The van der Waals surface area contributed by atoms with Gasteiger partial charge in [-0.1, -0.05) is 47.5 Å². The van der Waals surface area contributed by atoms with Gasteiger partial charge in [-0.25, -0.2) is 4.39 Å². The van der Waals surface area contributed by atoms with Gasteiger partial charge in [0.05, 0.1) is 9.79 Å². The maximum Gasteiger partial charge on any atom is 0.297 e. The van der Waals surface area contributed by atoms with Gasteiger partial charge in [-0.2, -0.15) is 8.42 Å². The highest BCUT2D eigenvalue weighted by atomic mass is 35.5. The van der Waals surface area contributed by atoms with Crippen molar-refractivity contribution >= 4 is 33.5 Å². The third kappa shape index (κ3) is 4.49. The van der Waals surface area contributed by atoms with Crippen LogP contribution in [0.3, 0.4) is 0 Å². The van der Waals surface area contributed by atoms with Gasteiger partial charge in [0, 0.05) is 21.9 Å². The first-order valence-corrected chi connectivity index (χ1v) is 11.9. The first-order valence-electron chi connectivity index (χ1n) is 9.17. The molecule has 0 fully saturated rings. The SMILES string of the molecule is Cc1ccc(S(=O)(=O)OCC2CSc3cc(F)cc(-c4ccccc4Cl)c3O2)cc1. The summed E-state index contributed by atoms with van der Waals surface area (Å²) in [7, 11) is -3.90. The molecule has 1 unspecified atom stereocenters. The molecule has 0 N–H and O–H groups in total. The second kappa shape index (κ2) is 8.59. The molecule has 30 heavy (non-hydrogen) atoms. The van der Waals surface area contributed by atoms with E-state index in [4.69, 9.17) is 20.5 Å². The van der Waals surface area contributed by atoms with Gasteiger partial charge in [0.25, 0.3) is 10.1 Å². The van der Waals surface area contributed by atoms with E-state index in [1.165, 1.54) is 36.0 Å². The van der Waals surface area contributed by atoms with E-state index >= 15 is 0 Å². The largest absolute Gasteiger partial charge is 0.485 e. The normalized spacial score (nSPS) is 16.0. The van der Waals surface area contributed by atoms with E-state index in [1.807, 2.05) is 13.0 Å². The number of hydrogen-bond donors (Lipinski definition) is 0. The molecule has 4 nitrogen and oxygen atoms in total. The summed E-state index contributed by atoms with van der Waals surface area (Å²) in [4.78, 5) is 0.735. The molecule has 156 valence electrons. The molecule has 4 rings (SSSR count). The van der Waals surface area contributed by atoms with Crippen molar-refractivity contribution in [1.82, 2.24) is 0 Å². The monoisotopic (exact) mass is 464 g/mol. The van der Waals surface area contributed by atoms with Gasteiger partial charge in [0.2, 0.25) is 0 Å². The molecule has 0 radical (unpaired) electrons. The third-order valence-electron chi connectivity index (χ3n) is 4.61. The summed E-state index contributed by atoms with van der Waals surface area (Å²) < 4.78 is 50.4. The maximum absolute atomic E-state index is 14.2. The number of fused-ring (bicyclic) bond motifs is 1. The summed E-state index contributed by atoms with van der Waals surface area (Å²) in [6.45, 7) is 1.73. The number of halogens is 2. The first-order chi connectivity index (χ1) is 14.3.